The van der Waals surface area contributed by atoms with E-state index in [1.807, 2.05) is 13.1 Å². The third-order valence-electron chi connectivity index (χ3n) is 4.28. The zero-order valence-corrected chi connectivity index (χ0v) is 26.9. The first-order valence-electron chi connectivity index (χ1n) is 9.31. The molecule has 6 atom stereocenters. The van der Waals surface area contributed by atoms with E-state index in [0.29, 0.717) is 0 Å². The van der Waals surface area contributed by atoms with Gasteiger partial charge in [-0.25, -0.2) is 0 Å². The van der Waals surface area contributed by atoms with Crippen LogP contribution < -0.4 is 0 Å². The molecular formula is C10H30O12Si8. The molecule has 0 N–H and O–H groups in total. The highest BCUT2D eigenvalue weighted by molar-refractivity contribution is 6.94. The maximum Gasteiger partial charge on any atom is 0.482 e. The van der Waals surface area contributed by atoms with Gasteiger partial charge in [-0.1, -0.05) is 0 Å². The van der Waals surface area contributed by atoms with Crippen LogP contribution >= 0.6 is 0 Å². The lowest BCUT2D eigenvalue weighted by Crippen LogP contribution is -2.76. The summed E-state index contributed by atoms with van der Waals surface area (Å²) in [7, 11) is -20.9. The Kier molecular flexibility index (Phi) is 7.31. The topological polar surface area (TPSA) is 111 Å². The molecule has 0 aromatic heterocycles. The molecule has 174 valence electrons. The lowest BCUT2D eigenvalue weighted by atomic mass is 11.8. The van der Waals surface area contributed by atoms with Crippen molar-refractivity contribution in [2.24, 2.45) is 0 Å². The van der Waals surface area contributed by atoms with Gasteiger partial charge in [0.1, 0.15) is 0 Å². The molecule has 2 radical (unpaired) electrons. The summed E-state index contributed by atoms with van der Waals surface area (Å²) < 4.78 is 74.8. The third-order valence-corrected chi connectivity index (χ3v) is 34.1. The highest BCUT2D eigenvalue weighted by Gasteiger charge is 2.68. The maximum atomic E-state index is 6.46. The molecule has 0 spiro atoms. The van der Waals surface area contributed by atoms with Gasteiger partial charge in [0.25, 0.3) is 0 Å². The van der Waals surface area contributed by atoms with Crippen molar-refractivity contribution in [2.45, 2.75) is 52.4 Å². The molecule has 4 bridgehead atoms. The summed E-state index contributed by atoms with van der Waals surface area (Å²) in [5.41, 5.74) is 0. The van der Waals surface area contributed by atoms with E-state index in [0.717, 1.165) is 0 Å². The Morgan fingerprint density at radius 1 is 0.467 bits per heavy atom. The molecule has 20 heteroatoms. The quantitative estimate of drug-likeness (QED) is 0.447. The Bertz CT molecular complexity index is 660. The molecule has 5 unspecified atom stereocenters. The van der Waals surface area contributed by atoms with Crippen molar-refractivity contribution < 1.29 is 50.0 Å². The van der Waals surface area contributed by atoms with Crippen LogP contribution in [0.15, 0.2) is 0 Å². The van der Waals surface area contributed by atoms with Crippen molar-refractivity contribution in [1.29, 1.82) is 0 Å². The van der Waals surface area contributed by atoms with Crippen LogP contribution in [0.5, 0.6) is 0 Å². The summed E-state index contributed by atoms with van der Waals surface area (Å²) in [5.74, 6) is 0. The summed E-state index contributed by atoms with van der Waals surface area (Å²) in [6.07, 6.45) is 0. The Balaban J connectivity index is 2.19. The lowest BCUT2D eigenvalue weighted by Gasteiger charge is -2.51. The average molecular weight is 567 g/mol. The van der Waals surface area contributed by atoms with Gasteiger partial charge in [-0.2, -0.15) is 0 Å². The van der Waals surface area contributed by atoms with E-state index >= 15 is 0 Å². The van der Waals surface area contributed by atoms with Crippen LogP contribution in [-0.4, -0.2) is 85.6 Å². The van der Waals surface area contributed by atoms with Gasteiger partial charge in [0.05, 0.1) is 0 Å². The van der Waals surface area contributed by atoms with Crippen molar-refractivity contribution in [3.63, 3.8) is 0 Å². The molecule has 0 aromatic rings. The molecule has 0 aromatic carbocycles. The summed E-state index contributed by atoms with van der Waals surface area (Å²) in [5, 5.41) is 0. The molecule has 5 aliphatic rings. The van der Waals surface area contributed by atoms with Crippen LogP contribution in [0, 0.1) is 0 Å². The van der Waals surface area contributed by atoms with Gasteiger partial charge in [-0.05, 0) is 13.1 Å². The van der Waals surface area contributed by atoms with Crippen molar-refractivity contribution in [2.75, 3.05) is 14.2 Å². The summed E-state index contributed by atoms with van der Waals surface area (Å²) in [6.45, 7) is 14.2. The highest BCUT2D eigenvalue weighted by atomic mass is 28.6. The van der Waals surface area contributed by atoms with E-state index < -0.39 is 71.4 Å². The first-order chi connectivity index (χ1) is 13.6. The summed E-state index contributed by atoms with van der Waals surface area (Å²) in [6, 6.07) is 0. The normalized spacial score (nSPS) is 51.8. The van der Waals surface area contributed by atoms with E-state index in [2.05, 4.69) is 0 Å². The van der Waals surface area contributed by atoms with Gasteiger partial charge < -0.3 is 50.0 Å². The van der Waals surface area contributed by atoms with Gasteiger partial charge in [-0.3, -0.25) is 0 Å². The molecule has 5 rings (SSSR count). The molecule has 0 aliphatic carbocycles. The Hall–Kier alpha value is 1.26. The van der Waals surface area contributed by atoms with Crippen molar-refractivity contribution in [1.82, 2.24) is 0 Å². The first kappa shape index (κ1) is 25.9. The first-order valence-corrected chi connectivity index (χ1v) is 26.3. The lowest BCUT2D eigenvalue weighted by molar-refractivity contribution is 0.0418. The SMILES string of the molecule is CO[Si]1(C)O[Si](C)O[Si]2(C)O[Si](C)O[Si]3(C)O[Si](C)(O1)O[Si](C)(OC)O[Si@@](C)(O2)O3. The van der Waals surface area contributed by atoms with E-state index in [9.17, 15) is 0 Å². The van der Waals surface area contributed by atoms with Gasteiger partial charge in [0.2, 0.25) is 0 Å². The minimum absolute atomic E-state index is 1.51. The minimum atomic E-state index is -3.52. The fraction of sp³-hybridized carbons (Fsp3) is 1.00. The molecule has 5 fully saturated rings. The largest absolute Gasteiger partial charge is 0.482 e. The smallest absolute Gasteiger partial charge is 0.394 e. The van der Waals surface area contributed by atoms with Gasteiger partial charge in [0.15, 0.2) is 0 Å². The Labute approximate surface area is 187 Å². The second-order valence-corrected chi connectivity index (χ2v) is 28.9. The average Bonchev–Trinajstić information content (AvgIpc) is 2.48. The van der Waals surface area contributed by atoms with Gasteiger partial charge in [-0.15, -0.1) is 0 Å². The minimum Gasteiger partial charge on any atom is -0.394 e. The van der Waals surface area contributed by atoms with Crippen molar-refractivity contribution in [3.05, 3.63) is 0 Å². The van der Waals surface area contributed by atoms with Crippen LogP contribution in [0.2, 0.25) is 52.4 Å². The molecular weight excluding hydrogens is 537 g/mol. The fourth-order valence-electron chi connectivity index (χ4n) is 3.56. The van der Waals surface area contributed by atoms with Gasteiger partial charge >= 0.3 is 71.4 Å². The molecule has 5 aliphatic heterocycles. The van der Waals surface area contributed by atoms with Crippen LogP contribution in [0.25, 0.3) is 0 Å². The maximum absolute atomic E-state index is 6.46. The van der Waals surface area contributed by atoms with Crippen LogP contribution in [-0.2, 0) is 50.0 Å². The zero-order valence-electron chi connectivity index (χ0n) is 18.9. The zero-order chi connectivity index (χ0) is 22.6. The molecule has 5 saturated heterocycles. The standard InChI is InChI=1S/C10H30O12Si8/c1-11-25(5)13-23(3)14-27(7)15-24(4)16-28(8)21-29(9,17-25)18-26(6,12-2)19-30(10,20-27)22-28/h1-10H3/t25?,26?,27?,28?,29?,30-/m0/s1. The molecule has 12 nitrogen and oxygen atoms in total. The van der Waals surface area contributed by atoms with E-state index in [-0.39, 0.29) is 0 Å². The highest BCUT2D eigenvalue weighted by Crippen LogP contribution is 2.38. The molecule has 5 heterocycles. The second-order valence-electron chi connectivity index (χ2n) is 7.59. The summed E-state index contributed by atoms with van der Waals surface area (Å²) in [4.78, 5) is 0. The van der Waals surface area contributed by atoms with Gasteiger partial charge in [0, 0.05) is 53.5 Å². The number of hydrogen-bond acceptors (Lipinski definition) is 12. The predicted octanol–water partition coefficient (Wildman–Crippen LogP) is 1.13. The van der Waals surface area contributed by atoms with Crippen molar-refractivity contribution in [3.8, 4) is 0 Å². The number of hydrogen-bond donors (Lipinski definition) is 0. The van der Waals surface area contributed by atoms with Crippen LogP contribution in [0.1, 0.15) is 0 Å². The number of rotatable bonds is 2. The Morgan fingerprint density at radius 2 is 0.833 bits per heavy atom. The molecule has 0 saturated carbocycles. The van der Waals surface area contributed by atoms with Crippen LogP contribution in [0.3, 0.4) is 0 Å². The predicted molar refractivity (Wildman–Crippen MR) is 118 cm³/mol. The van der Waals surface area contributed by atoms with Crippen molar-refractivity contribution >= 4 is 71.4 Å². The monoisotopic (exact) mass is 566 g/mol. The number of fused-ring (bicyclic) bond motifs is 4. The van der Waals surface area contributed by atoms with Crippen LogP contribution in [0.4, 0.5) is 0 Å². The summed E-state index contributed by atoms with van der Waals surface area (Å²) >= 11 is 0. The second kappa shape index (κ2) is 8.48. The Morgan fingerprint density at radius 3 is 1.33 bits per heavy atom. The third kappa shape index (κ3) is 5.84. The fourth-order valence-corrected chi connectivity index (χ4v) is 38.1. The molecule has 0 amide bonds. The van der Waals surface area contributed by atoms with E-state index in [1.54, 1.807) is 39.3 Å². The van der Waals surface area contributed by atoms with E-state index in [1.165, 1.54) is 14.2 Å². The van der Waals surface area contributed by atoms with E-state index in [4.69, 9.17) is 50.0 Å². The molecule has 30 heavy (non-hydrogen) atoms.